The first-order valence-electron chi connectivity index (χ1n) is 12.5. The molecule has 1 aliphatic heterocycles. The van der Waals surface area contributed by atoms with Gasteiger partial charge in [-0.2, -0.15) is 0 Å². The molecule has 0 fully saturated rings. The molecular weight excluding hydrogens is 540 g/mol. The Hall–Kier alpha value is -4.50. The van der Waals surface area contributed by atoms with Crippen LogP contribution >= 0.6 is 0 Å². The normalized spacial score (nSPS) is 13.3. The Kier molecular flexibility index (Phi) is 7.40. The van der Waals surface area contributed by atoms with Gasteiger partial charge < -0.3 is 0 Å². The van der Waals surface area contributed by atoms with Crippen LogP contribution in [0.2, 0.25) is 0 Å². The van der Waals surface area contributed by atoms with E-state index in [2.05, 4.69) is 23.7 Å². The molecule has 0 spiro atoms. The molecular formula is C32H26N2O4S2. The summed E-state index contributed by atoms with van der Waals surface area (Å²) in [6, 6.07) is 26.9. The van der Waals surface area contributed by atoms with Crippen molar-refractivity contribution in [3.8, 4) is 23.7 Å². The SMILES string of the molecule is Cc1ccc(S(=O)(=O)N2CC#Cc3ccccc3C#CCN(S(=O)(=O)c3ccc(C)cc3)c3cccc2c3)cc1. The number of hydrogen-bond donors (Lipinski definition) is 0. The summed E-state index contributed by atoms with van der Waals surface area (Å²) in [5.41, 5.74) is 3.69. The van der Waals surface area contributed by atoms with Gasteiger partial charge >= 0.3 is 0 Å². The highest BCUT2D eigenvalue weighted by Crippen LogP contribution is 2.30. The fourth-order valence-electron chi connectivity index (χ4n) is 4.22. The molecule has 0 saturated carbocycles. The van der Waals surface area contributed by atoms with E-state index in [0.717, 1.165) is 11.1 Å². The summed E-state index contributed by atoms with van der Waals surface area (Å²) in [7, 11) is -8.06. The van der Waals surface area contributed by atoms with Crippen molar-refractivity contribution in [3.63, 3.8) is 0 Å². The molecule has 0 amide bonds. The zero-order valence-corrected chi connectivity index (χ0v) is 23.6. The third kappa shape index (κ3) is 5.46. The lowest BCUT2D eigenvalue weighted by Gasteiger charge is -2.26. The van der Waals surface area contributed by atoms with Crippen molar-refractivity contribution >= 4 is 31.4 Å². The first-order chi connectivity index (χ1) is 19.2. The largest absolute Gasteiger partial charge is 0.265 e. The van der Waals surface area contributed by atoms with Crippen LogP contribution in [0.4, 0.5) is 11.4 Å². The minimum Gasteiger partial charge on any atom is -0.254 e. The van der Waals surface area contributed by atoms with E-state index in [1.165, 1.54) is 8.61 Å². The summed E-state index contributed by atoms with van der Waals surface area (Å²) in [5.74, 6) is 12.1. The van der Waals surface area contributed by atoms with E-state index >= 15 is 0 Å². The molecule has 0 saturated heterocycles. The summed E-state index contributed by atoms with van der Waals surface area (Å²) in [6.45, 7) is 3.47. The molecule has 5 rings (SSSR count). The van der Waals surface area contributed by atoms with E-state index in [0.29, 0.717) is 11.1 Å². The number of benzene rings is 4. The molecule has 0 atom stereocenters. The van der Waals surface area contributed by atoms with Crippen LogP contribution < -0.4 is 8.61 Å². The summed E-state index contributed by atoms with van der Waals surface area (Å²) in [6.07, 6.45) is 0. The molecule has 6 nitrogen and oxygen atoms in total. The second-order valence-corrected chi connectivity index (χ2v) is 13.0. The van der Waals surface area contributed by atoms with Crippen LogP contribution in [0.3, 0.4) is 0 Å². The van der Waals surface area contributed by atoms with Crippen LogP contribution in [0.25, 0.3) is 0 Å². The maximum Gasteiger partial charge on any atom is 0.265 e. The Bertz CT molecular complexity index is 1770. The predicted octanol–water partition coefficient (Wildman–Crippen LogP) is 5.11. The molecule has 1 heterocycles. The molecule has 2 bridgehead atoms. The standard InChI is InChI=1S/C32H26N2O4S2/c1-25-14-18-31(19-15-25)39(35,36)33-22-6-10-27-8-3-4-9-28(27)11-7-23-34(30-13-5-12-29(33)24-30)40(37,38)32-20-16-26(2)17-21-32/h3-5,8-9,12-21,24H,22-23H2,1-2H3. The van der Waals surface area contributed by atoms with Gasteiger partial charge in [0.2, 0.25) is 0 Å². The number of nitrogens with zero attached hydrogens (tertiary/aromatic N) is 2. The highest BCUT2D eigenvalue weighted by Gasteiger charge is 2.28. The highest BCUT2D eigenvalue weighted by molar-refractivity contribution is 7.93. The average molecular weight is 567 g/mol. The van der Waals surface area contributed by atoms with Crippen molar-refractivity contribution < 1.29 is 16.8 Å². The lowest BCUT2D eigenvalue weighted by Crippen LogP contribution is -2.33. The van der Waals surface area contributed by atoms with E-state index in [1.54, 1.807) is 84.9 Å². The van der Waals surface area contributed by atoms with Gasteiger partial charge in [0.05, 0.1) is 34.3 Å². The predicted molar refractivity (Wildman–Crippen MR) is 158 cm³/mol. The van der Waals surface area contributed by atoms with Crippen molar-refractivity contribution in [1.82, 2.24) is 0 Å². The highest BCUT2D eigenvalue weighted by atomic mass is 32.2. The molecule has 0 radical (unpaired) electrons. The Morgan fingerprint density at radius 3 is 1.35 bits per heavy atom. The molecule has 4 aromatic rings. The maximum absolute atomic E-state index is 13.9. The van der Waals surface area contributed by atoms with Crippen molar-refractivity contribution in [3.05, 3.63) is 119 Å². The van der Waals surface area contributed by atoms with Crippen LogP contribution in [0.15, 0.2) is 107 Å². The van der Waals surface area contributed by atoms with Crippen molar-refractivity contribution in [2.24, 2.45) is 0 Å². The zero-order chi connectivity index (χ0) is 28.3. The Morgan fingerprint density at radius 1 is 0.550 bits per heavy atom. The van der Waals surface area contributed by atoms with Gasteiger partial charge in [-0.25, -0.2) is 16.8 Å². The van der Waals surface area contributed by atoms with Crippen LogP contribution in [-0.4, -0.2) is 29.9 Å². The first-order valence-corrected chi connectivity index (χ1v) is 15.4. The van der Waals surface area contributed by atoms with Crippen LogP contribution in [0.5, 0.6) is 0 Å². The van der Waals surface area contributed by atoms with E-state index in [-0.39, 0.29) is 34.3 Å². The molecule has 200 valence electrons. The Balaban J connectivity index is 1.71. The number of anilines is 2. The second-order valence-electron chi connectivity index (χ2n) is 9.32. The number of sulfonamides is 2. The molecule has 1 aliphatic rings. The van der Waals surface area contributed by atoms with Gasteiger partial charge in [-0.3, -0.25) is 8.61 Å². The summed E-state index contributed by atoms with van der Waals surface area (Å²) < 4.78 is 57.9. The maximum atomic E-state index is 13.9. The topological polar surface area (TPSA) is 74.8 Å². The molecule has 40 heavy (non-hydrogen) atoms. The van der Waals surface area contributed by atoms with Crippen LogP contribution in [-0.2, 0) is 20.0 Å². The van der Waals surface area contributed by atoms with E-state index in [4.69, 9.17) is 0 Å². The minimum atomic E-state index is -4.03. The summed E-state index contributed by atoms with van der Waals surface area (Å²) in [5, 5.41) is 0. The zero-order valence-electron chi connectivity index (χ0n) is 22.0. The van der Waals surface area contributed by atoms with Crippen LogP contribution in [0, 0.1) is 37.5 Å². The van der Waals surface area contributed by atoms with Crippen molar-refractivity contribution in [1.29, 1.82) is 0 Å². The third-order valence-corrected chi connectivity index (χ3v) is 10.0. The lowest BCUT2D eigenvalue weighted by atomic mass is 10.1. The van der Waals surface area contributed by atoms with Gasteiger partial charge in [-0.05, 0) is 68.4 Å². The van der Waals surface area contributed by atoms with Crippen molar-refractivity contribution in [2.45, 2.75) is 23.6 Å². The molecule has 4 aromatic carbocycles. The smallest absolute Gasteiger partial charge is 0.254 e. The number of aryl methyl sites for hydroxylation is 2. The quantitative estimate of drug-likeness (QED) is 0.322. The molecule has 8 heteroatoms. The number of rotatable bonds is 4. The fraction of sp³-hybridized carbons (Fsp3) is 0.125. The van der Waals surface area contributed by atoms with Gasteiger partial charge in [0, 0.05) is 11.1 Å². The molecule has 0 aromatic heterocycles. The van der Waals surface area contributed by atoms with Gasteiger partial charge in [-0.1, -0.05) is 77.3 Å². The van der Waals surface area contributed by atoms with Gasteiger partial charge in [-0.15, -0.1) is 0 Å². The Labute approximate surface area is 236 Å². The monoisotopic (exact) mass is 566 g/mol. The number of fused-ring (bicyclic) bond motifs is 3. The molecule has 0 unspecified atom stereocenters. The van der Waals surface area contributed by atoms with Gasteiger partial charge in [0.15, 0.2) is 0 Å². The Morgan fingerprint density at radius 2 is 0.950 bits per heavy atom. The number of hydrogen-bond acceptors (Lipinski definition) is 4. The second kappa shape index (κ2) is 10.9. The van der Waals surface area contributed by atoms with Crippen molar-refractivity contribution in [2.75, 3.05) is 21.7 Å². The first kappa shape index (κ1) is 27.1. The van der Waals surface area contributed by atoms with E-state index < -0.39 is 20.0 Å². The van der Waals surface area contributed by atoms with E-state index in [9.17, 15) is 16.8 Å². The molecule has 0 aliphatic carbocycles. The summed E-state index contributed by atoms with van der Waals surface area (Å²) >= 11 is 0. The van der Waals surface area contributed by atoms with Crippen LogP contribution in [0.1, 0.15) is 22.3 Å². The summed E-state index contributed by atoms with van der Waals surface area (Å²) in [4.78, 5) is 0.227. The third-order valence-electron chi connectivity index (χ3n) is 6.44. The molecule has 0 N–H and O–H groups in total. The fourth-order valence-corrected chi connectivity index (χ4v) is 6.94. The van der Waals surface area contributed by atoms with E-state index in [1.807, 2.05) is 26.0 Å². The lowest BCUT2D eigenvalue weighted by molar-refractivity contribution is 0.592. The average Bonchev–Trinajstić information content (AvgIpc) is 2.95. The minimum absolute atomic E-state index is 0.113. The van der Waals surface area contributed by atoms with Gasteiger partial charge in [0.1, 0.15) is 0 Å². The van der Waals surface area contributed by atoms with Gasteiger partial charge in [0.25, 0.3) is 20.0 Å².